The number of carbonyl (C=O) groups excluding carboxylic acids is 3. The van der Waals surface area contributed by atoms with Crippen LogP contribution in [0, 0.1) is 17.8 Å². The van der Waals surface area contributed by atoms with Crippen LogP contribution in [0.2, 0.25) is 5.02 Å². The standard InChI is InChI=1S/C33H36BrClN2O4/c1-18-7-9-20(12-22(18)35)36-28(40)17-41-27-10-8-19(34)11-21(27)29-30-23(13-32(2,3)15-25(30)38)37(6)24-14-33(4,5)16-26(39)31(24)29/h7-12,29H,13-17H2,1-6H3,(H,36,40). The number of rotatable bonds is 5. The molecule has 1 heterocycles. The zero-order valence-electron chi connectivity index (χ0n) is 24.4. The molecular weight excluding hydrogens is 604 g/mol. The molecule has 0 aromatic heterocycles. The van der Waals surface area contributed by atoms with Gasteiger partial charge in [-0.25, -0.2) is 0 Å². The summed E-state index contributed by atoms with van der Waals surface area (Å²) in [7, 11) is 1.99. The van der Waals surface area contributed by atoms with Crippen molar-refractivity contribution in [3.05, 3.63) is 79.6 Å². The van der Waals surface area contributed by atoms with Gasteiger partial charge in [0.25, 0.3) is 5.91 Å². The third kappa shape index (κ3) is 5.89. The first-order valence-electron chi connectivity index (χ1n) is 13.9. The zero-order chi connectivity index (χ0) is 29.9. The second kappa shape index (κ2) is 10.7. The number of Topliss-reactive ketones (excluding diaryl/α,β-unsaturated/α-hetero) is 2. The molecule has 0 saturated carbocycles. The van der Waals surface area contributed by atoms with Crippen molar-refractivity contribution in [1.82, 2.24) is 4.90 Å². The summed E-state index contributed by atoms with van der Waals surface area (Å²) >= 11 is 9.81. The van der Waals surface area contributed by atoms with E-state index in [0.717, 1.165) is 34.3 Å². The number of aryl methyl sites for hydroxylation is 1. The maximum absolute atomic E-state index is 13.9. The summed E-state index contributed by atoms with van der Waals surface area (Å²) in [4.78, 5) is 42.7. The molecule has 0 radical (unpaired) electrons. The highest BCUT2D eigenvalue weighted by Gasteiger charge is 2.48. The van der Waals surface area contributed by atoms with E-state index in [9.17, 15) is 14.4 Å². The minimum Gasteiger partial charge on any atom is -0.483 e. The van der Waals surface area contributed by atoms with E-state index in [2.05, 4.69) is 53.8 Å². The molecule has 0 fully saturated rings. The average Bonchev–Trinajstić information content (AvgIpc) is 2.85. The molecule has 1 aliphatic heterocycles. The molecule has 3 aliphatic rings. The van der Waals surface area contributed by atoms with Crippen LogP contribution in [0.5, 0.6) is 5.75 Å². The lowest BCUT2D eigenvalue weighted by molar-refractivity contribution is -0.120. The summed E-state index contributed by atoms with van der Waals surface area (Å²) in [6.45, 7) is 10.1. The van der Waals surface area contributed by atoms with Crippen LogP contribution in [0.15, 0.2) is 63.4 Å². The number of amides is 1. The SMILES string of the molecule is Cc1ccc(NC(=O)COc2ccc(Br)cc2C2C3=C(CC(C)(C)CC3=O)N(C)C3=C2C(=O)CC(C)(C)C3)cc1Cl. The van der Waals surface area contributed by atoms with Gasteiger partial charge in [-0.2, -0.15) is 0 Å². The minimum absolute atomic E-state index is 0.0530. The Morgan fingerprint density at radius 3 is 2.12 bits per heavy atom. The maximum Gasteiger partial charge on any atom is 0.262 e. The lowest BCUT2D eigenvalue weighted by atomic mass is 9.63. The van der Waals surface area contributed by atoms with E-state index in [4.69, 9.17) is 16.3 Å². The van der Waals surface area contributed by atoms with Crippen LogP contribution >= 0.6 is 27.5 Å². The van der Waals surface area contributed by atoms with Crippen LogP contribution in [0.4, 0.5) is 5.69 Å². The highest BCUT2D eigenvalue weighted by molar-refractivity contribution is 9.10. The van der Waals surface area contributed by atoms with Gasteiger partial charge in [0.2, 0.25) is 0 Å². The van der Waals surface area contributed by atoms with E-state index in [-0.39, 0.29) is 34.9 Å². The third-order valence-corrected chi connectivity index (χ3v) is 9.18. The minimum atomic E-state index is -0.560. The van der Waals surface area contributed by atoms with Gasteiger partial charge < -0.3 is 15.0 Å². The van der Waals surface area contributed by atoms with Crippen LogP contribution in [-0.2, 0) is 14.4 Å². The second-order valence-corrected chi connectivity index (χ2v) is 14.4. The Morgan fingerprint density at radius 2 is 1.56 bits per heavy atom. The smallest absolute Gasteiger partial charge is 0.262 e. The van der Waals surface area contributed by atoms with Gasteiger partial charge in [-0.1, -0.05) is 61.3 Å². The fraction of sp³-hybridized carbons (Fsp3) is 0.424. The Bertz CT molecular complexity index is 1480. The highest BCUT2D eigenvalue weighted by Crippen LogP contribution is 2.55. The highest BCUT2D eigenvalue weighted by atomic mass is 79.9. The molecule has 2 aromatic carbocycles. The normalized spacial score (nSPS) is 20.1. The summed E-state index contributed by atoms with van der Waals surface area (Å²) in [6.07, 6.45) is 2.28. The van der Waals surface area contributed by atoms with Crippen LogP contribution < -0.4 is 10.1 Å². The molecule has 2 aliphatic carbocycles. The van der Waals surface area contributed by atoms with Gasteiger partial charge in [0.1, 0.15) is 5.75 Å². The van der Waals surface area contributed by atoms with Crippen molar-refractivity contribution in [2.24, 2.45) is 10.8 Å². The predicted molar refractivity (Wildman–Crippen MR) is 165 cm³/mol. The van der Waals surface area contributed by atoms with E-state index >= 15 is 0 Å². The molecular formula is C33H36BrClN2O4. The molecule has 5 rings (SSSR count). The van der Waals surface area contributed by atoms with Gasteiger partial charge in [0.15, 0.2) is 18.2 Å². The molecule has 6 nitrogen and oxygen atoms in total. The van der Waals surface area contributed by atoms with Crippen molar-refractivity contribution in [3.8, 4) is 5.75 Å². The van der Waals surface area contributed by atoms with Crippen molar-refractivity contribution >= 4 is 50.7 Å². The summed E-state index contributed by atoms with van der Waals surface area (Å²) in [5.74, 6) is -0.328. The second-order valence-electron chi connectivity index (χ2n) is 13.1. The van der Waals surface area contributed by atoms with Crippen molar-refractivity contribution in [2.75, 3.05) is 19.0 Å². The number of ether oxygens (including phenoxy) is 1. The van der Waals surface area contributed by atoms with Gasteiger partial charge in [0.05, 0.1) is 0 Å². The number of ketones is 2. The van der Waals surface area contributed by atoms with Crippen molar-refractivity contribution in [2.45, 2.75) is 66.2 Å². The number of nitrogens with one attached hydrogen (secondary N) is 1. The van der Waals surface area contributed by atoms with Crippen LogP contribution in [0.3, 0.4) is 0 Å². The monoisotopic (exact) mass is 638 g/mol. The van der Waals surface area contributed by atoms with Crippen LogP contribution in [-0.4, -0.2) is 36.0 Å². The third-order valence-electron chi connectivity index (χ3n) is 8.28. The van der Waals surface area contributed by atoms with E-state index in [0.29, 0.717) is 46.0 Å². The van der Waals surface area contributed by atoms with Crippen molar-refractivity contribution in [3.63, 3.8) is 0 Å². The van der Waals surface area contributed by atoms with Gasteiger partial charge in [-0.05, 0) is 66.5 Å². The van der Waals surface area contributed by atoms with Gasteiger partial charge >= 0.3 is 0 Å². The fourth-order valence-electron chi connectivity index (χ4n) is 6.36. The molecule has 41 heavy (non-hydrogen) atoms. The Hall–Kier alpha value is -2.90. The quantitative estimate of drug-likeness (QED) is 0.362. The molecule has 0 bridgehead atoms. The predicted octanol–water partition coefficient (Wildman–Crippen LogP) is 7.74. The molecule has 0 unspecified atom stereocenters. The van der Waals surface area contributed by atoms with E-state index < -0.39 is 5.92 Å². The van der Waals surface area contributed by atoms with E-state index in [1.54, 1.807) is 18.2 Å². The first kappa shape index (κ1) is 29.6. The van der Waals surface area contributed by atoms with Gasteiger partial charge in [-0.15, -0.1) is 0 Å². The summed E-state index contributed by atoms with van der Waals surface area (Å²) in [6, 6.07) is 10.9. The number of halogens is 2. The Kier molecular flexibility index (Phi) is 7.75. The average molecular weight is 640 g/mol. The molecule has 8 heteroatoms. The zero-order valence-corrected chi connectivity index (χ0v) is 26.8. The number of allylic oxidation sites excluding steroid dienone is 4. The Morgan fingerprint density at radius 1 is 0.976 bits per heavy atom. The van der Waals surface area contributed by atoms with Gasteiger partial charge in [0, 0.05) is 69.1 Å². The first-order valence-corrected chi connectivity index (χ1v) is 15.1. The lowest BCUT2D eigenvalue weighted by Crippen LogP contribution is -2.43. The first-order chi connectivity index (χ1) is 19.2. The van der Waals surface area contributed by atoms with E-state index in [1.165, 1.54) is 0 Å². The Balaban J connectivity index is 1.55. The molecule has 1 amide bonds. The topological polar surface area (TPSA) is 75.7 Å². The largest absolute Gasteiger partial charge is 0.483 e. The molecule has 0 atom stereocenters. The van der Waals surface area contributed by atoms with Crippen LogP contribution in [0.25, 0.3) is 0 Å². The summed E-state index contributed by atoms with van der Waals surface area (Å²) in [5.41, 5.74) is 5.11. The molecule has 1 N–H and O–H groups in total. The molecule has 0 saturated heterocycles. The lowest BCUT2D eigenvalue weighted by Gasteiger charge is -2.48. The fourth-order valence-corrected chi connectivity index (χ4v) is 6.92. The van der Waals surface area contributed by atoms with Crippen molar-refractivity contribution in [1.29, 1.82) is 0 Å². The van der Waals surface area contributed by atoms with Crippen LogP contribution in [0.1, 0.15) is 70.4 Å². The number of benzene rings is 2. The van der Waals surface area contributed by atoms with Gasteiger partial charge in [-0.3, -0.25) is 14.4 Å². The molecule has 216 valence electrons. The number of nitrogens with zero attached hydrogens (tertiary/aromatic N) is 1. The molecule has 0 spiro atoms. The number of carbonyl (C=O) groups is 3. The number of hydrogen-bond acceptors (Lipinski definition) is 5. The Labute approximate surface area is 255 Å². The number of anilines is 1. The van der Waals surface area contributed by atoms with Crippen molar-refractivity contribution < 1.29 is 19.1 Å². The van der Waals surface area contributed by atoms with E-state index in [1.807, 2.05) is 32.2 Å². The molecule has 2 aromatic rings. The summed E-state index contributed by atoms with van der Waals surface area (Å²) in [5, 5.41) is 3.39. The summed E-state index contributed by atoms with van der Waals surface area (Å²) < 4.78 is 6.92. The number of hydrogen-bond donors (Lipinski definition) is 1. The maximum atomic E-state index is 13.9.